The lowest BCUT2D eigenvalue weighted by molar-refractivity contribution is -0.144. The Hall–Kier alpha value is -2.70. The van der Waals surface area contributed by atoms with Gasteiger partial charge in [0.05, 0.1) is 18.4 Å². The lowest BCUT2D eigenvalue weighted by Gasteiger charge is -2.35. The summed E-state index contributed by atoms with van der Waals surface area (Å²) in [6, 6.07) is 9.10. The molecule has 1 aliphatic carbocycles. The van der Waals surface area contributed by atoms with Crippen molar-refractivity contribution in [2.45, 2.75) is 57.3 Å². The number of carbonyl (C=O) groups excluding carboxylic acids is 2. The molecule has 1 aromatic carbocycles. The van der Waals surface area contributed by atoms with Gasteiger partial charge in [-0.3, -0.25) is 9.59 Å². The highest BCUT2D eigenvalue weighted by atomic mass is 16.2. The topological polar surface area (TPSA) is 80.1 Å². The Balaban J connectivity index is 1.61. The molecular formula is C19H23N5O2. The second kappa shape index (κ2) is 7.27. The summed E-state index contributed by atoms with van der Waals surface area (Å²) in [7, 11) is 0. The maximum Gasteiger partial charge on any atom is 0.247 e. The van der Waals surface area contributed by atoms with E-state index in [0.29, 0.717) is 6.54 Å². The third kappa shape index (κ3) is 3.34. The monoisotopic (exact) mass is 353 g/mol. The summed E-state index contributed by atoms with van der Waals surface area (Å²) < 4.78 is 1.60. The molecule has 0 spiro atoms. The Morgan fingerprint density at radius 3 is 2.65 bits per heavy atom. The molecule has 2 heterocycles. The van der Waals surface area contributed by atoms with E-state index >= 15 is 0 Å². The van der Waals surface area contributed by atoms with Crippen molar-refractivity contribution in [3.8, 4) is 0 Å². The smallest absolute Gasteiger partial charge is 0.247 e. The van der Waals surface area contributed by atoms with Crippen LogP contribution in [0.1, 0.15) is 49.4 Å². The Kier molecular flexibility index (Phi) is 4.69. The molecule has 4 rings (SSSR count). The minimum atomic E-state index is -0.630. The molecule has 26 heavy (non-hydrogen) atoms. The first kappa shape index (κ1) is 16.8. The average molecular weight is 353 g/mol. The van der Waals surface area contributed by atoms with Crippen LogP contribution in [0.5, 0.6) is 0 Å². The molecule has 1 saturated carbocycles. The molecule has 7 nitrogen and oxygen atoms in total. The Morgan fingerprint density at radius 1 is 1.12 bits per heavy atom. The minimum absolute atomic E-state index is 0.0997. The molecular weight excluding hydrogens is 330 g/mol. The predicted octanol–water partition coefficient (Wildman–Crippen LogP) is 1.81. The van der Waals surface area contributed by atoms with E-state index in [1.807, 2.05) is 30.3 Å². The molecule has 7 heteroatoms. The summed E-state index contributed by atoms with van der Waals surface area (Å²) in [6.45, 7) is 0.457. The van der Waals surface area contributed by atoms with Crippen molar-refractivity contribution in [1.82, 2.24) is 25.2 Å². The van der Waals surface area contributed by atoms with Gasteiger partial charge < -0.3 is 10.2 Å². The van der Waals surface area contributed by atoms with Crippen molar-refractivity contribution in [1.29, 1.82) is 0 Å². The maximum atomic E-state index is 13.2. The maximum absolute atomic E-state index is 13.2. The van der Waals surface area contributed by atoms with Crippen molar-refractivity contribution in [3.05, 3.63) is 47.8 Å². The Morgan fingerprint density at radius 2 is 1.88 bits per heavy atom. The summed E-state index contributed by atoms with van der Waals surface area (Å²) >= 11 is 0. The minimum Gasteiger partial charge on any atom is -0.351 e. The second-order valence-electron chi connectivity index (χ2n) is 7.06. The number of hydrogen-bond donors (Lipinski definition) is 1. The average Bonchev–Trinajstić information content (AvgIpc) is 3.11. The first-order valence-corrected chi connectivity index (χ1v) is 9.24. The van der Waals surface area contributed by atoms with Crippen LogP contribution in [0.3, 0.4) is 0 Å². The van der Waals surface area contributed by atoms with Gasteiger partial charge in [0.15, 0.2) is 0 Å². The molecule has 1 unspecified atom stereocenters. The van der Waals surface area contributed by atoms with Crippen LogP contribution in [0.2, 0.25) is 0 Å². The van der Waals surface area contributed by atoms with Gasteiger partial charge in [0.1, 0.15) is 12.6 Å². The SMILES string of the molecule is O=C(NC1CCCCC1)C(c1ccccc1)N1Cc2cnnn2CC1=O. The van der Waals surface area contributed by atoms with Gasteiger partial charge in [-0.2, -0.15) is 0 Å². The quantitative estimate of drug-likeness (QED) is 0.909. The van der Waals surface area contributed by atoms with Gasteiger partial charge in [0.25, 0.3) is 0 Å². The van der Waals surface area contributed by atoms with Gasteiger partial charge >= 0.3 is 0 Å². The van der Waals surface area contributed by atoms with E-state index in [9.17, 15) is 9.59 Å². The van der Waals surface area contributed by atoms with Crippen LogP contribution in [0.4, 0.5) is 0 Å². The largest absolute Gasteiger partial charge is 0.351 e. The van der Waals surface area contributed by atoms with E-state index in [1.54, 1.807) is 15.8 Å². The summed E-state index contributed by atoms with van der Waals surface area (Å²) in [4.78, 5) is 27.5. The van der Waals surface area contributed by atoms with Crippen LogP contribution >= 0.6 is 0 Å². The number of fused-ring (bicyclic) bond motifs is 1. The van der Waals surface area contributed by atoms with Crippen LogP contribution < -0.4 is 5.32 Å². The van der Waals surface area contributed by atoms with E-state index in [1.165, 1.54) is 6.42 Å². The van der Waals surface area contributed by atoms with Gasteiger partial charge in [-0.25, -0.2) is 4.68 Å². The number of nitrogens with zero attached hydrogens (tertiary/aromatic N) is 4. The second-order valence-corrected chi connectivity index (χ2v) is 7.06. The third-order valence-electron chi connectivity index (χ3n) is 5.26. The number of rotatable bonds is 4. The molecule has 2 amide bonds. The molecule has 1 aromatic heterocycles. The number of hydrogen-bond acceptors (Lipinski definition) is 4. The van der Waals surface area contributed by atoms with E-state index < -0.39 is 6.04 Å². The summed E-state index contributed by atoms with van der Waals surface area (Å²) in [5.74, 6) is -0.215. The van der Waals surface area contributed by atoms with E-state index in [2.05, 4.69) is 15.6 Å². The number of benzene rings is 1. The fraction of sp³-hybridized carbons (Fsp3) is 0.474. The zero-order valence-corrected chi connectivity index (χ0v) is 14.7. The zero-order valence-electron chi connectivity index (χ0n) is 14.7. The molecule has 2 aromatic rings. The first-order chi connectivity index (χ1) is 12.7. The van der Waals surface area contributed by atoms with Crippen LogP contribution in [0.15, 0.2) is 36.5 Å². The fourth-order valence-electron chi connectivity index (χ4n) is 3.89. The van der Waals surface area contributed by atoms with Crippen LogP contribution in [0.25, 0.3) is 0 Å². The van der Waals surface area contributed by atoms with Gasteiger partial charge in [-0.05, 0) is 18.4 Å². The Labute approximate surface area is 152 Å². The highest BCUT2D eigenvalue weighted by Crippen LogP contribution is 2.27. The molecule has 2 aliphatic rings. The zero-order chi connectivity index (χ0) is 17.9. The molecule has 0 radical (unpaired) electrons. The lowest BCUT2D eigenvalue weighted by atomic mass is 9.94. The van der Waals surface area contributed by atoms with E-state index in [-0.39, 0.29) is 24.4 Å². The van der Waals surface area contributed by atoms with Gasteiger partial charge in [0.2, 0.25) is 11.8 Å². The van der Waals surface area contributed by atoms with E-state index in [0.717, 1.165) is 36.9 Å². The van der Waals surface area contributed by atoms with Crippen molar-refractivity contribution in [2.24, 2.45) is 0 Å². The number of carbonyl (C=O) groups is 2. The van der Waals surface area contributed by atoms with Gasteiger partial charge in [-0.15, -0.1) is 5.10 Å². The molecule has 1 atom stereocenters. The molecule has 0 saturated heterocycles. The number of aromatic nitrogens is 3. The fourth-order valence-corrected chi connectivity index (χ4v) is 3.89. The highest BCUT2D eigenvalue weighted by Gasteiger charge is 2.36. The van der Waals surface area contributed by atoms with Crippen molar-refractivity contribution in [2.75, 3.05) is 0 Å². The van der Waals surface area contributed by atoms with Crippen LogP contribution in [0, 0.1) is 0 Å². The first-order valence-electron chi connectivity index (χ1n) is 9.24. The van der Waals surface area contributed by atoms with Gasteiger partial charge in [0, 0.05) is 6.04 Å². The Bertz CT molecular complexity index is 782. The molecule has 1 aliphatic heterocycles. The van der Waals surface area contributed by atoms with Crippen molar-refractivity contribution in [3.63, 3.8) is 0 Å². The molecule has 0 bridgehead atoms. The predicted molar refractivity (Wildman–Crippen MR) is 94.8 cm³/mol. The number of nitrogens with one attached hydrogen (secondary N) is 1. The molecule has 136 valence electrons. The third-order valence-corrected chi connectivity index (χ3v) is 5.26. The summed E-state index contributed by atoms with van der Waals surface area (Å²) in [5.41, 5.74) is 1.67. The lowest BCUT2D eigenvalue weighted by Crippen LogP contribution is -2.49. The van der Waals surface area contributed by atoms with Gasteiger partial charge in [-0.1, -0.05) is 54.8 Å². The normalized spacial score (nSPS) is 19.1. The van der Waals surface area contributed by atoms with E-state index in [4.69, 9.17) is 0 Å². The highest BCUT2D eigenvalue weighted by molar-refractivity contribution is 5.89. The van der Waals surface area contributed by atoms with Crippen LogP contribution in [-0.2, 0) is 22.7 Å². The number of amides is 2. The van der Waals surface area contributed by atoms with Crippen molar-refractivity contribution < 1.29 is 9.59 Å². The summed E-state index contributed by atoms with van der Waals surface area (Å²) in [5, 5.41) is 11.0. The van der Waals surface area contributed by atoms with Crippen molar-refractivity contribution >= 4 is 11.8 Å². The molecule has 1 N–H and O–H groups in total. The standard InChI is InChI=1S/C19H23N5O2/c25-17-13-24-16(11-20-22-24)12-23(17)18(14-7-3-1-4-8-14)19(26)21-15-9-5-2-6-10-15/h1,3-4,7-8,11,15,18H,2,5-6,9-10,12-13H2,(H,21,26). The molecule has 1 fully saturated rings. The van der Waals surface area contributed by atoms with Crippen LogP contribution in [-0.4, -0.2) is 37.7 Å². The summed E-state index contributed by atoms with van der Waals surface area (Å²) in [6.07, 6.45) is 7.20.